The van der Waals surface area contributed by atoms with E-state index in [4.69, 9.17) is 0 Å². The number of rotatable bonds is 8. The van der Waals surface area contributed by atoms with Crippen molar-refractivity contribution in [1.29, 1.82) is 0 Å². The van der Waals surface area contributed by atoms with Crippen molar-refractivity contribution < 1.29 is 13.2 Å². The van der Waals surface area contributed by atoms with Crippen LogP contribution in [-0.4, -0.2) is 36.7 Å². The van der Waals surface area contributed by atoms with Crippen LogP contribution in [0.2, 0.25) is 0 Å². The van der Waals surface area contributed by atoms with Gasteiger partial charge in [-0.2, -0.15) is 4.31 Å². The number of amides is 1. The lowest BCUT2D eigenvalue weighted by Crippen LogP contribution is -2.31. The van der Waals surface area contributed by atoms with E-state index in [-0.39, 0.29) is 17.2 Å². The Morgan fingerprint density at radius 3 is 2.48 bits per heavy atom. The lowest BCUT2D eigenvalue weighted by Gasteiger charge is -2.20. The number of hydrogen-bond acceptors (Lipinski definition) is 5. The van der Waals surface area contributed by atoms with Gasteiger partial charge in [-0.3, -0.25) is 4.79 Å². The molecule has 0 unspecified atom stereocenters. The molecule has 1 heterocycles. The Balaban J connectivity index is 2.18. The van der Waals surface area contributed by atoms with E-state index >= 15 is 0 Å². The van der Waals surface area contributed by atoms with Crippen LogP contribution < -0.4 is 5.32 Å². The Morgan fingerprint density at radius 2 is 1.93 bits per heavy atom. The third kappa shape index (κ3) is 5.15. The van der Waals surface area contributed by atoms with Gasteiger partial charge in [0.25, 0.3) is 0 Å². The summed E-state index contributed by atoms with van der Waals surface area (Å²) in [6, 6.07) is 4.96. The minimum absolute atomic E-state index is 0.162. The first kappa shape index (κ1) is 21.5. The molecule has 1 amide bonds. The highest BCUT2D eigenvalue weighted by atomic mass is 32.2. The van der Waals surface area contributed by atoms with E-state index in [2.05, 4.69) is 24.1 Å². The zero-order chi connectivity index (χ0) is 20.2. The second kappa shape index (κ2) is 8.95. The predicted octanol–water partition coefficient (Wildman–Crippen LogP) is 3.79. The highest BCUT2D eigenvalue weighted by Gasteiger charge is 2.24. The number of anilines is 1. The standard InChI is InChI=1S/C19H27N3O3S2/c1-6-22(7-2)27(24,25)17-10-15(9-8-14(17)5)20-18(23)11-16-12-26-19(21-16)13(3)4/h8-10,12-13H,6-7,11H2,1-5H3,(H,20,23). The van der Waals surface area contributed by atoms with Crippen molar-refractivity contribution in [3.8, 4) is 0 Å². The van der Waals surface area contributed by atoms with E-state index in [9.17, 15) is 13.2 Å². The molecule has 0 aliphatic heterocycles. The average Bonchev–Trinajstić information content (AvgIpc) is 3.06. The van der Waals surface area contributed by atoms with Gasteiger partial charge in [-0.15, -0.1) is 11.3 Å². The fourth-order valence-electron chi connectivity index (χ4n) is 2.70. The molecule has 148 valence electrons. The van der Waals surface area contributed by atoms with Crippen molar-refractivity contribution in [2.45, 2.75) is 51.9 Å². The Morgan fingerprint density at radius 1 is 1.26 bits per heavy atom. The van der Waals surface area contributed by atoms with Crippen LogP contribution in [0.1, 0.15) is 49.9 Å². The Kier molecular flexibility index (Phi) is 7.13. The van der Waals surface area contributed by atoms with Crippen LogP contribution in [0.15, 0.2) is 28.5 Å². The molecule has 0 bridgehead atoms. The summed E-state index contributed by atoms with van der Waals surface area (Å²) in [5.41, 5.74) is 1.85. The second-order valence-corrected chi connectivity index (χ2v) is 9.42. The summed E-state index contributed by atoms with van der Waals surface area (Å²) >= 11 is 1.55. The molecule has 0 aliphatic rings. The van der Waals surface area contributed by atoms with Gasteiger partial charge < -0.3 is 5.32 Å². The SMILES string of the molecule is CCN(CC)S(=O)(=O)c1cc(NC(=O)Cc2csc(C(C)C)n2)ccc1C. The highest BCUT2D eigenvalue weighted by Crippen LogP contribution is 2.24. The average molecular weight is 410 g/mol. The lowest BCUT2D eigenvalue weighted by atomic mass is 10.2. The minimum atomic E-state index is -3.58. The molecular weight excluding hydrogens is 382 g/mol. The van der Waals surface area contributed by atoms with Gasteiger partial charge >= 0.3 is 0 Å². The number of nitrogens with one attached hydrogen (secondary N) is 1. The molecule has 0 atom stereocenters. The smallest absolute Gasteiger partial charge is 0.243 e. The molecule has 0 radical (unpaired) electrons. The quantitative estimate of drug-likeness (QED) is 0.719. The molecule has 8 heteroatoms. The summed E-state index contributed by atoms with van der Waals surface area (Å²) in [6.07, 6.45) is 0.162. The van der Waals surface area contributed by atoms with E-state index in [0.717, 1.165) is 10.7 Å². The molecule has 2 rings (SSSR count). The zero-order valence-corrected chi connectivity index (χ0v) is 18.1. The third-order valence-electron chi connectivity index (χ3n) is 4.20. The molecule has 27 heavy (non-hydrogen) atoms. The molecule has 1 aromatic heterocycles. The molecule has 0 aliphatic carbocycles. The van der Waals surface area contributed by atoms with Crippen LogP contribution in [0.4, 0.5) is 5.69 Å². The molecule has 2 aromatic rings. The number of aromatic nitrogens is 1. The number of carbonyl (C=O) groups is 1. The molecule has 0 saturated carbocycles. The monoisotopic (exact) mass is 409 g/mol. The van der Waals surface area contributed by atoms with Crippen LogP contribution in [0.5, 0.6) is 0 Å². The predicted molar refractivity (Wildman–Crippen MR) is 110 cm³/mol. The topological polar surface area (TPSA) is 79.4 Å². The number of nitrogens with zero attached hydrogens (tertiary/aromatic N) is 2. The maximum Gasteiger partial charge on any atom is 0.243 e. The Hall–Kier alpha value is -1.77. The molecule has 6 nitrogen and oxygen atoms in total. The second-order valence-electron chi connectivity index (χ2n) is 6.63. The van der Waals surface area contributed by atoms with E-state index in [1.54, 1.807) is 44.2 Å². The first-order valence-electron chi connectivity index (χ1n) is 9.04. The summed E-state index contributed by atoms with van der Waals surface area (Å²) in [7, 11) is -3.58. The Labute approximate surface area is 165 Å². The van der Waals surface area contributed by atoms with Crippen molar-refractivity contribution in [3.63, 3.8) is 0 Å². The summed E-state index contributed by atoms with van der Waals surface area (Å²) < 4.78 is 27.0. The van der Waals surface area contributed by atoms with Gasteiger partial charge in [0.05, 0.1) is 22.0 Å². The summed E-state index contributed by atoms with van der Waals surface area (Å²) in [5.74, 6) is 0.113. The molecule has 1 N–H and O–H groups in total. The molecule has 1 aromatic carbocycles. The fraction of sp³-hybridized carbons (Fsp3) is 0.474. The van der Waals surface area contributed by atoms with Crippen LogP contribution in [0.3, 0.4) is 0 Å². The zero-order valence-electron chi connectivity index (χ0n) is 16.4. The van der Waals surface area contributed by atoms with Gasteiger partial charge in [0.15, 0.2) is 0 Å². The van der Waals surface area contributed by atoms with Gasteiger partial charge in [0, 0.05) is 30.1 Å². The van der Waals surface area contributed by atoms with Gasteiger partial charge in [0.2, 0.25) is 15.9 Å². The van der Waals surface area contributed by atoms with Gasteiger partial charge in [0.1, 0.15) is 0 Å². The van der Waals surface area contributed by atoms with E-state index in [1.165, 1.54) is 10.4 Å². The number of benzene rings is 1. The Bertz CT molecular complexity index is 901. The van der Waals surface area contributed by atoms with Crippen molar-refractivity contribution in [2.75, 3.05) is 18.4 Å². The van der Waals surface area contributed by atoms with Crippen molar-refractivity contribution in [2.24, 2.45) is 0 Å². The van der Waals surface area contributed by atoms with Crippen molar-refractivity contribution in [1.82, 2.24) is 9.29 Å². The first-order valence-corrected chi connectivity index (χ1v) is 11.4. The number of aryl methyl sites for hydroxylation is 1. The lowest BCUT2D eigenvalue weighted by molar-refractivity contribution is -0.115. The summed E-state index contributed by atoms with van der Waals surface area (Å²) in [5, 5.41) is 5.68. The van der Waals surface area contributed by atoms with Crippen LogP contribution in [0, 0.1) is 6.92 Å². The fourth-order valence-corrected chi connectivity index (χ4v) is 5.24. The van der Waals surface area contributed by atoms with Crippen LogP contribution in [-0.2, 0) is 21.2 Å². The van der Waals surface area contributed by atoms with E-state index in [0.29, 0.717) is 30.3 Å². The number of thiazole rings is 1. The summed E-state index contributed by atoms with van der Waals surface area (Å²) in [6.45, 7) is 10.3. The van der Waals surface area contributed by atoms with Gasteiger partial charge in [-0.25, -0.2) is 13.4 Å². The molecular formula is C19H27N3O3S2. The maximum absolute atomic E-state index is 12.8. The largest absolute Gasteiger partial charge is 0.326 e. The van der Waals surface area contributed by atoms with Crippen molar-refractivity contribution >= 4 is 33.0 Å². The number of hydrogen-bond donors (Lipinski definition) is 1. The number of carbonyl (C=O) groups excluding carboxylic acids is 1. The maximum atomic E-state index is 12.8. The van der Waals surface area contributed by atoms with Crippen LogP contribution in [0.25, 0.3) is 0 Å². The third-order valence-corrected chi connectivity index (χ3v) is 7.59. The molecule has 0 saturated heterocycles. The normalized spacial score (nSPS) is 12.0. The first-order chi connectivity index (χ1) is 12.7. The molecule has 0 spiro atoms. The van der Waals surface area contributed by atoms with Gasteiger partial charge in [-0.05, 0) is 24.6 Å². The minimum Gasteiger partial charge on any atom is -0.326 e. The van der Waals surface area contributed by atoms with Gasteiger partial charge in [-0.1, -0.05) is 33.8 Å². The summed E-state index contributed by atoms with van der Waals surface area (Å²) in [4.78, 5) is 17.0. The number of sulfonamides is 1. The van der Waals surface area contributed by atoms with E-state index in [1.807, 2.05) is 5.38 Å². The van der Waals surface area contributed by atoms with Crippen LogP contribution >= 0.6 is 11.3 Å². The van der Waals surface area contributed by atoms with Crippen molar-refractivity contribution in [3.05, 3.63) is 39.8 Å². The molecule has 0 fully saturated rings. The van der Waals surface area contributed by atoms with E-state index < -0.39 is 10.0 Å². The highest BCUT2D eigenvalue weighted by molar-refractivity contribution is 7.89.